The van der Waals surface area contributed by atoms with Gasteiger partial charge in [-0.2, -0.15) is 0 Å². The van der Waals surface area contributed by atoms with Crippen LogP contribution >= 0.6 is 11.6 Å². The topological polar surface area (TPSA) is 135 Å². The van der Waals surface area contributed by atoms with Gasteiger partial charge in [0.05, 0.1) is 53.9 Å². The Kier molecular flexibility index (Phi) is 12.6. The molecular formula is C43H48ClN3O8. The second-order valence-electron chi connectivity index (χ2n) is 14.3. The first-order valence-corrected chi connectivity index (χ1v) is 19.0. The van der Waals surface area contributed by atoms with E-state index in [0.29, 0.717) is 41.1 Å². The molecule has 0 saturated carbocycles. The third-order valence-electron chi connectivity index (χ3n) is 11.0. The van der Waals surface area contributed by atoms with Gasteiger partial charge in [0, 0.05) is 20.1 Å². The lowest BCUT2D eigenvalue weighted by Gasteiger charge is -2.39. The summed E-state index contributed by atoms with van der Waals surface area (Å²) in [6, 6.07) is 20.4. The summed E-state index contributed by atoms with van der Waals surface area (Å²) in [5.74, 6) is -4.13. The summed E-state index contributed by atoms with van der Waals surface area (Å²) < 4.78 is 18.6. The van der Waals surface area contributed by atoms with Crippen molar-refractivity contribution in [3.05, 3.63) is 126 Å². The molecule has 3 aliphatic heterocycles. The third kappa shape index (κ3) is 7.58. The summed E-state index contributed by atoms with van der Waals surface area (Å²) in [5, 5.41) is 14.3. The summed E-state index contributed by atoms with van der Waals surface area (Å²) >= 11 is 6.74. The summed E-state index contributed by atoms with van der Waals surface area (Å²) in [5.41, 5.74) is 1.01. The van der Waals surface area contributed by atoms with Gasteiger partial charge < -0.3 is 34.4 Å². The molecule has 3 heterocycles. The number of anilines is 1. The maximum absolute atomic E-state index is 15.2. The number of esters is 1. The highest BCUT2D eigenvalue weighted by Crippen LogP contribution is 2.60. The molecule has 0 radical (unpaired) electrons. The van der Waals surface area contributed by atoms with Crippen LogP contribution in [0.1, 0.15) is 54.5 Å². The number of nitrogens with one attached hydrogen (secondary N) is 1. The van der Waals surface area contributed by atoms with Gasteiger partial charge in [-0.1, -0.05) is 96.5 Å². The third-order valence-corrected chi connectivity index (χ3v) is 11.3. The lowest BCUT2D eigenvalue weighted by atomic mass is 9.70. The molecular weight excluding hydrogens is 722 g/mol. The van der Waals surface area contributed by atoms with Gasteiger partial charge in [0.1, 0.15) is 17.7 Å². The van der Waals surface area contributed by atoms with Gasteiger partial charge in [0.25, 0.3) is 5.91 Å². The van der Waals surface area contributed by atoms with Crippen molar-refractivity contribution in [3.63, 3.8) is 0 Å². The van der Waals surface area contributed by atoms with Crippen LogP contribution < -0.4 is 10.2 Å². The van der Waals surface area contributed by atoms with Crippen molar-refractivity contribution < 1.29 is 38.5 Å². The number of para-hydroxylation sites is 1. The standard InChI is InChI=1S/C43H48ClN3O8/c1-5-7-21-34(49)45-31(26-53-4)38(29-18-12-9-13-19-29)54-42(52)35-33-22-23-43(55-33)36(35)40(50)47(32(25-48)28-16-10-8-11-17-28)39(43)41(51)46(24-6-2)37-27(3)15-14-20-30(37)44/h5-6,8-20,31-33,35-36,38-39,48H,1-2,7,21-26H2,3-4H3,(H,45,49)/t31-,32+,33+,35-,36-,38-,39+,43-/m0/s1. The molecule has 3 aliphatic rings. The number of carbonyl (C=O) groups excluding carboxylic acids is 4. The first kappa shape index (κ1) is 39.9. The van der Waals surface area contributed by atoms with Crippen LogP contribution in [-0.2, 0) is 33.4 Å². The molecule has 12 heteroatoms. The van der Waals surface area contributed by atoms with E-state index in [4.69, 9.17) is 25.8 Å². The predicted octanol–water partition coefficient (Wildman–Crippen LogP) is 5.66. The quantitative estimate of drug-likeness (QED) is 0.133. The normalized spacial score (nSPS) is 24.1. The molecule has 3 saturated heterocycles. The van der Waals surface area contributed by atoms with Crippen LogP contribution in [-0.4, -0.2) is 84.4 Å². The van der Waals surface area contributed by atoms with E-state index in [2.05, 4.69) is 18.5 Å². The van der Waals surface area contributed by atoms with Gasteiger partial charge in [0.15, 0.2) is 0 Å². The maximum Gasteiger partial charge on any atom is 0.313 e. The highest BCUT2D eigenvalue weighted by Gasteiger charge is 2.76. The number of aliphatic hydroxyl groups is 1. The molecule has 3 aromatic carbocycles. The molecule has 0 aliphatic carbocycles. The average Bonchev–Trinajstić information content (AvgIpc) is 3.84. The number of aliphatic hydroxyl groups excluding tert-OH is 1. The molecule has 1 spiro atoms. The summed E-state index contributed by atoms with van der Waals surface area (Å²) in [4.78, 5) is 60.9. The number of fused-ring (bicyclic) bond motifs is 1. The van der Waals surface area contributed by atoms with Crippen LogP contribution in [0.5, 0.6) is 0 Å². The predicted molar refractivity (Wildman–Crippen MR) is 208 cm³/mol. The molecule has 290 valence electrons. The van der Waals surface area contributed by atoms with Crippen molar-refractivity contribution in [2.45, 2.75) is 68.5 Å². The molecule has 3 aromatic rings. The zero-order valence-corrected chi connectivity index (χ0v) is 31.9. The number of likely N-dealkylation sites (tertiary alicyclic amines) is 1. The van der Waals surface area contributed by atoms with Crippen molar-refractivity contribution in [2.75, 3.05) is 31.8 Å². The minimum absolute atomic E-state index is 0.0315. The number of hydrogen-bond donors (Lipinski definition) is 2. The Morgan fingerprint density at radius 2 is 1.75 bits per heavy atom. The fourth-order valence-electron chi connectivity index (χ4n) is 8.66. The van der Waals surface area contributed by atoms with Crippen LogP contribution in [0.15, 0.2) is 104 Å². The van der Waals surface area contributed by atoms with Crippen LogP contribution in [0.2, 0.25) is 5.02 Å². The van der Waals surface area contributed by atoms with Gasteiger partial charge in [-0.3, -0.25) is 19.2 Å². The Morgan fingerprint density at radius 1 is 1.05 bits per heavy atom. The second-order valence-corrected chi connectivity index (χ2v) is 14.7. The Balaban J connectivity index is 1.42. The van der Waals surface area contributed by atoms with Crippen LogP contribution in [0.25, 0.3) is 0 Å². The van der Waals surface area contributed by atoms with E-state index >= 15 is 9.59 Å². The molecule has 0 aromatic heterocycles. The molecule has 3 amide bonds. The molecule has 2 N–H and O–H groups in total. The highest BCUT2D eigenvalue weighted by atomic mass is 35.5. The van der Waals surface area contributed by atoms with Crippen molar-refractivity contribution in [2.24, 2.45) is 11.8 Å². The van der Waals surface area contributed by atoms with Gasteiger partial charge in [-0.15, -0.1) is 13.2 Å². The fourth-order valence-corrected chi connectivity index (χ4v) is 8.99. The molecule has 55 heavy (non-hydrogen) atoms. The van der Waals surface area contributed by atoms with E-state index in [0.717, 1.165) is 5.56 Å². The van der Waals surface area contributed by atoms with Gasteiger partial charge >= 0.3 is 5.97 Å². The number of nitrogens with zero attached hydrogens (tertiary/aromatic N) is 2. The molecule has 0 unspecified atom stereocenters. The summed E-state index contributed by atoms with van der Waals surface area (Å²) in [6.07, 6.45) is 2.87. The van der Waals surface area contributed by atoms with E-state index in [1.54, 1.807) is 72.8 Å². The second kappa shape index (κ2) is 17.3. The smallest absolute Gasteiger partial charge is 0.313 e. The van der Waals surface area contributed by atoms with Crippen molar-refractivity contribution in [1.29, 1.82) is 0 Å². The van der Waals surface area contributed by atoms with Crippen molar-refractivity contribution in [1.82, 2.24) is 10.2 Å². The molecule has 11 nitrogen and oxygen atoms in total. The Labute approximate surface area is 326 Å². The molecule has 2 bridgehead atoms. The number of hydrogen-bond acceptors (Lipinski definition) is 8. The van der Waals surface area contributed by atoms with Crippen LogP contribution in [0.3, 0.4) is 0 Å². The van der Waals surface area contributed by atoms with E-state index in [9.17, 15) is 14.7 Å². The molecule has 6 rings (SSSR count). The SMILES string of the molecule is C=CCCC(=O)N[C@@H](COC)[C@@H](OC(=O)[C@@H]1[C@H]2C(=O)N([C@H](CO)c3ccccc3)[C@H](C(=O)N(CC=C)c3c(C)cccc3Cl)[C@]23CC[C@H]1O3)c1ccccc1. The minimum Gasteiger partial charge on any atom is -0.455 e. The monoisotopic (exact) mass is 769 g/mol. The zero-order chi connectivity index (χ0) is 39.3. The first-order valence-electron chi connectivity index (χ1n) is 18.6. The van der Waals surface area contributed by atoms with E-state index in [1.807, 2.05) is 25.1 Å². The Hall–Kier alpha value is -4.81. The Bertz CT molecular complexity index is 1870. The van der Waals surface area contributed by atoms with Gasteiger partial charge in [-0.25, -0.2) is 0 Å². The van der Waals surface area contributed by atoms with E-state index < -0.39 is 72.2 Å². The number of methoxy groups -OCH3 is 1. The number of halogens is 1. The zero-order valence-electron chi connectivity index (χ0n) is 31.1. The number of allylic oxidation sites excluding steroid dienone is 1. The van der Waals surface area contributed by atoms with Crippen molar-refractivity contribution in [3.8, 4) is 0 Å². The number of aryl methyl sites for hydroxylation is 1. The molecule has 3 fully saturated rings. The highest BCUT2D eigenvalue weighted by molar-refractivity contribution is 6.34. The largest absolute Gasteiger partial charge is 0.455 e. The lowest BCUT2D eigenvalue weighted by molar-refractivity contribution is -0.163. The lowest BCUT2D eigenvalue weighted by Crippen LogP contribution is -2.57. The maximum atomic E-state index is 15.2. The number of benzene rings is 3. The fraction of sp³-hybridized carbons (Fsp3) is 0.395. The summed E-state index contributed by atoms with van der Waals surface area (Å²) in [6.45, 7) is 9.05. The van der Waals surface area contributed by atoms with Crippen LogP contribution in [0, 0.1) is 18.8 Å². The summed E-state index contributed by atoms with van der Waals surface area (Å²) in [7, 11) is 1.49. The first-order chi connectivity index (χ1) is 26.6. The van der Waals surface area contributed by atoms with Crippen molar-refractivity contribution >= 4 is 41.0 Å². The van der Waals surface area contributed by atoms with E-state index in [-0.39, 0.29) is 25.5 Å². The van der Waals surface area contributed by atoms with Gasteiger partial charge in [-0.05, 0) is 48.9 Å². The average molecular weight is 770 g/mol. The molecule has 8 atom stereocenters. The number of carbonyl (C=O) groups is 4. The van der Waals surface area contributed by atoms with E-state index in [1.165, 1.54) is 16.9 Å². The van der Waals surface area contributed by atoms with Crippen LogP contribution in [0.4, 0.5) is 5.69 Å². The number of amides is 3. The number of ether oxygens (including phenoxy) is 3. The number of rotatable bonds is 17. The Morgan fingerprint density at radius 3 is 2.36 bits per heavy atom. The minimum atomic E-state index is -1.42. The van der Waals surface area contributed by atoms with Gasteiger partial charge in [0.2, 0.25) is 11.8 Å².